The van der Waals surface area contributed by atoms with Gasteiger partial charge in [0.1, 0.15) is 6.04 Å². The molecule has 2 unspecified atom stereocenters. The molecule has 1 fully saturated rings. The Morgan fingerprint density at radius 3 is 2.55 bits per heavy atom. The number of amides is 2. The summed E-state index contributed by atoms with van der Waals surface area (Å²) in [6.45, 7) is -0.540. The van der Waals surface area contributed by atoms with Crippen LogP contribution in [0.3, 0.4) is 0 Å². The number of sulfone groups is 1. The normalized spacial score (nSPS) is 18.6. The topological polar surface area (TPSA) is 119 Å². The number of esters is 1. The van der Waals surface area contributed by atoms with E-state index in [2.05, 4.69) is 10.6 Å². The molecule has 1 aliphatic heterocycles. The highest BCUT2D eigenvalue weighted by molar-refractivity contribution is 7.98. The lowest BCUT2D eigenvalue weighted by molar-refractivity contribution is -0.150. The van der Waals surface area contributed by atoms with Gasteiger partial charge >= 0.3 is 5.97 Å². The summed E-state index contributed by atoms with van der Waals surface area (Å²) in [6, 6.07) is 4.84. The van der Waals surface area contributed by atoms with Crippen molar-refractivity contribution in [2.45, 2.75) is 24.9 Å². The Morgan fingerprint density at radius 2 is 1.97 bits per heavy atom. The lowest BCUT2D eigenvalue weighted by Crippen LogP contribution is -2.44. The van der Waals surface area contributed by atoms with Crippen LogP contribution in [0.2, 0.25) is 5.02 Å². The number of nitrogens with one attached hydrogen (secondary N) is 2. The van der Waals surface area contributed by atoms with Gasteiger partial charge < -0.3 is 15.4 Å². The zero-order chi connectivity index (χ0) is 21.4. The number of halogens is 1. The number of thioether (sulfide) groups is 1. The lowest BCUT2D eigenvalue weighted by Gasteiger charge is -2.18. The van der Waals surface area contributed by atoms with E-state index < -0.39 is 46.3 Å². The van der Waals surface area contributed by atoms with Crippen LogP contribution in [0.25, 0.3) is 0 Å². The molecule has 2 rings (SSSR count). The molecular formula is C18H23ClN2O6S2. The summed E-state index contributed by atoms with van der Waals surface area (Å²) in [4.78, 5) is 36.7. The van der Waals surface area contributed by atoms with Crippen molar-refractivity contribution >= 4 is 51.0 Å². The molecule has 0 aromatic heterocycles. The summed E-state index contributed by atoms with van der Waals surface area (Å²) in [7, 11) is -3.12. The van der Waals surface area contributed by atoms with Gasteiger partial charge in [-0.05, 0) is 49.1 Å². The summed E-state index contributed by atoms with van der Waals surface area (Å²) < 4.78 is 27.9. The Kier molecular flexibility index (Phi) is 8.79. The van der Waals surface area contributed by atoms with E-state index in [9.17, 15) is 22.8 Å². The highest BCUT2D eigenvalue weighted by Crippen LogP contribution is 2.12. The smallest absolute Gasteiger partial charge is 0.329 e. The van der Waals surface area contributed by atoms with E-state index in [0.29, 0.717) is 29.2 Å². The van der Waals surface area contributed by atoms with E-state index >= 15 is 0 Å². The summed E-state index contributed by atoms with van der Waals surface area (Å²) >= 11 is 7.31. The van der Waals surface area contributed by atoms with Crippen molar-refractivity contribution in [2.75, 3.05) is 30.1 Å². The molecule has 0 spiro atoms. The third-order valence-electron chi connectivity index (χ3n) is 4.25. The first-order valence-electron chi connectivity index (χ1n) is 8.92. The third kappa shape index (κ3) is 7.87. The van der Waals surface area contributed by atoms with Gasteiger partial charge in [0.05, 0.1) is 11.5 Å². The van der Waals surface area contributed by atoms with Crippen LogP contribution < -0.4 is 10.6 Å². The molecule has 1 saturated heterocycles. The van der Waals surface area contributed by atoms with Crippen molar-refractivity contribution in [1.29, 1.82) is 0 Å². The van der Waals surface area contributed by atoms with Crippen LogP contribution in [0.1, 0.15) is 23.2 Å². The Balaban J connectivity index is 1.88. The molecule has 2 N–H and O–H groups in total. The number of carbonyl (C=O) groups excluding carboxylic acids is 3. The quantitative estimate of drug-likeness (QED) is 0.526. The minimum atomic E-state index is -3.12. The zero-order valence-electron chi connectivity index (χ0n) is 15.9. The van der Waals surface area contributed by atoms with E-state index in [0.717, 1.165) is 0 Å². The maximum Gasteiger partial charge on any atom is 0.329 e. The molecule has 160 valence electrons. The molecule has 2 amide bonds. The predicted molar refractivity (Wildman–Crippen MR) is 112 cm³/mol. The van der Waals surface area contributed by atoms with E-state index in [-0.39, 0.29) is 11.5 Å². The molecule has 1 aliphatic rings. The summed E-state index contributed by atoms with van der Waals surface area (Å²) in [5.41, 5.74) is 0.344. The second-order valence-corrected chi connectivity index (χ2v) is 10.2. The average molecular weight is 463 g/mol. The number of rotatable bonds is 9. The molecule has 1 aromatic rings. The van der Waals surface area contributed by atoms with Crippen LogP contribution >= 0.6 is 23.4 Å². The second kappa shape index (κ2) is 10.8. The number of ether oxygens (including phenoxy) is 1. The molecular weight excluding hydrogens is 440 g/mol. The van der Waals surface area contributed by atoms with Gasteiger partial charge in [0.2, 0.25) is 0 Å². The first kappa shape index (κ1) is 23.5. The van der Waals surface area contributed by atoms with Gasteiger partial charge in [-0.2, -0.15) is 11.8 Å². The van der Waals surface area contributed by atoms with E-state index in [1.807, 2.05) is 6.26 Å². The van der Waals surface area contributed by atoms with Gasteiger partial charge in [0, 0.05) is 16.6 Å². The average Bonchev–Trinajstić information content (AvgIpc) is 3.01. The van der Waals surface area contributed by atoms with Gasteiger partial charge in [0.15, 0.2) is 16.4 Å². The predicted octanol–water partition coefficient (Wildman–Crippen LogP) is 1.04. The maximum atomic E-state index is 12.4. The molecule has 2 atom stereocenters. The van der Waals surface area contributed by atoms with Crippen LogP contribution in [0.5, 0.6) is 0 Å². The van der Waals surface area contributed by atoms with Gasteiger partial charge in [-0.3, -0.25) is 9.59 Å². The first-order chi connectivity index (χ1) is 13.7. The largest absolute Gasteiger partial charge is 0.454 e. The minimum absolute atomic E-state index is 0.0330. The maximum absolute atomic E-state index is 12.4. The Bertz CT molecular complexity index is 844. The van der Waals surface area contributed by atoms with Crippen molar-refractivity contribution in [1.82, 2.24) is 10.6 Å². The van der Waals surface area contributed by atoms with Crippen molar-refractivity contribution in [3.05, 3.63) is 34.9 Å². The number of benzene rings is 1. The fourth-order valence-corrected chi connectivity index (χ4v) is 5.01. The zero-order valence-corrected chi connectivity index (χ0v) is 18.2. The highest BCUT2D eigenvalue weighted by Gasteiger charge is 2.29. The molecule has 11 heteroatoms. The number of hydrogen-bond donors (Lipinski definition) is 2. The molecule has 1 aromatic carbocycles. The Labute approximate surface area is 179 Å². The Hall–Kier alpha value is -1.78. The van der Waals surface area contributed by atoms with Crippen LogP contribution in [0.15, 0.2) is 24.3 Å². The lowest BCUT2D eigenvalue weighted by atomic mass is 10.1. The van der Waals surface area contributed by atoms with Crippen LogP contribution in [-0.4, -0.2) is 68.4 Å². The minimum Gasteiger partial charge on any atom is -0.454 e. The van der Waals surface area contributed by atoms with E-state index in [1.165, 1.54) is 23.9 Å². The van der Waals surface area contributed by atoms with Crippen LogP contribution in [0, 0.1) is 0 Å². The summed E-state index contributed by atoms with van der Waals surface area (Å²) in [6.07, 6.45) is 2.55. The van der Waals surface area contributed by atoms with Crippen LogP contribution in [-0.2, 0) is 24.2 Å². The molecule has 8 nitrogen and oxygen atoms in total. The van der Waals surface area contributed by atoms with Gasteiger partial charge in [-0.15, -0.1) is 0 Å². The van der Waals surface area contributed by atoms with Crippen LogP contribution in [0.4, 0.5) is 0 Å². The van der Waals surface area contributed by atoms with Gasteiger partial charge in [-0.1, -0.05) is 11.6 Å². The van der Waals surface area contributed by atoms with Crippen molar-refractivity contribution < 1.29 is 27.5 Å². The third-order valence-corrected chi connectivity index (χ3v) is 6.91. The molecule has 0 radical (unpaired) electrons. The van der Waals surface area contributed by atoms with E-state index in [4.69, 9.17) is 16.3 Å². The number of carbonyl (C=O) groups is 3. The molecule has 0 aliphatic carbocycles. The summed E-state index contributed by atoms with van der Waals surface area (Å²) in [5, 5.41) is 5.65. The van der Waals surface area contributed by atoms with Gasteiger partial charge in [-0.25, -0.2) is 13.2 Å². The molecule has 0 saturated carbocycles. The van der Waals surface area contributed by atoms with Crippen molar-refractivity contribution in [3.63, 3.8) is 0 Å². The fourth-order valence-electron chi connectivity index (χ4n) is 2.74. The highest BCUT2D eigenvalue weighted by atomic mass is 35.5. The molecule has 29 heavy (non-hydrogen) atoms. The Morgan fingerprint density at radius 1 is 1.28 bits per heavy atom. The van der Waals surface area contributed by atoms with Crippen molar-refractivity contribution in [3.8, 4) is 0 Å². The molecule has 0 bridgehead atoms. The SMILES string of the molecule is CSCCC(NC(=O)c1ccc(Cl)cc1)C(=O)OCC(=O)NC1CCS(=O)(=O)C1. The van der Waals surface area contributed by atoms with Gasteiger partial charge in [0.25, 0.3) is 11.8 Å². The first-order valence-corrected chi connectivity index (χ1v) is 12.5. The fraction of sp³-hybridized carbons (Fsp3) is 0.500. The van der Waals surface area contributed by atoms with Crippen molar-refractivity contribution in [2.24, 2.45) is 0 Å². The second-order valence-electron chi connectivity index (χ2n) is 6.59. The van der Waals surface area contributed by atoms with E-state index in [1.54, 1.807) is 12.1 Å². The number of hydrogen-bond acceptors (Lipinski definition) is 7. The monoisotopic (exact) mass is 462 g/mol. The summed E-state index contributed by atoms with van der Waals surface area (Å²) in [5.74, 6) is -1.23. The standard InChI is InChI=1S/C18H23ClN2O6S2/c1-28-8-6-15(21-17(23)12-2-4-13(19)5-3-12)18(24)27-10-16(22)20-14-7-9-29(25,26)11-14/h2-5,14-15H,6-11H2,1H3,(H,20,22)(H,21,23). The molecule has 1 heterocycles.